The van der Waals surface area contributed by atoms with E-state index in [1.54, 1.807) is 0 Å². The quantitative estimate of drug-likeness (QED) is 0.470. The van der Waals surface area contributed by atoms with Crippen molar-refractivity contribution >= 4 is 0 Å². The number of hydrogen-bond donors (Lipinski definition) is 0. The third-order valence-corrected chi connectivity index (χ3v) is 6.59. The highest BCUT2D eigenvalue weighted by Gasteiger charge is 2.42. The highest BCUT2D eigenvalue weighted by molar-refractivity contribution is 5.45. The summed E-state index contributed by atoms with van der Waals surface area (Å²) in [5, 5.41) is 10.4. The Morgan fingerprint density at radius 3 is 1.77 bits per heavy atom. The van der Waals surface area contributed by atoms with Gasteiger partial charge in [0.25, 0.3) is 0 Å². The van der Waals surface area contributed by atoms with Crippen molar-refractivity contribution in [3.05, 3.63) is 102 Å². The normalized spacial score (nSPS) is 15.1. The average Bonchev–Trinajstić information content (AvgIpc) is 2.79. The predicted molar refractivity (Wildman–Crippen MR) is 125 cm³/mol. The Morgan fingerprint density at radius 2 is 1.29 bits per heavy atom. The van der Waals surface area contributed by atoms with Gasteiger partial charge >= 0.3 is 0 Å². The van der Waals surface area contributed by atoms with Crippen molar-refractivity contribution in [2.24, 2.45) is 0 Å². The maximum Gasteiger partial charge on any atom is 0.124 e. The molecule has 0 aromatic heterocycles. The van der Waals surface area contributed by atoms with Crippen LogP contribution >= 0.6 is 0 Å². The van der Waals surface area contributed by atoms with E-state index in [-0.39, 0.29) is 11.6 Å². The molecule has 3 aromatic carbocycles. The van der Waals surface area contributed by atoms with E-state index in [1.165, 1.54) is 0 Å². The number of para-hydroxylation sites is 1. The largest absolute Gasteiger partial charge is 0.488 e. The van der Waals surface area contributed by atoms with Gasteiger partial charge in [0.15, 0.2) is 0 Å². The van der Waals surface area contributed by atoms with Crippen molar-refractivity contribution in [3.8, 4) is 11.8 Å². The highest BCUT2D eigenvalue weighted by atomic mass is 16.5. The SMILES string of the molecule is CC(C)(CCC(C#N)(c1ccccc1)c1ccccc1)N1CC(Oc2ccccc2)C1. The Bertz CT molecular complexity index is 964. The molecule has 3 nitrogen and oxygen atoms in total. The van der Waals surface area contributed by atoms with Crippen molar-refractivity contribution in [1.82, 2.24) is 4.90 Å². The van der Waals surface area contributed by atoms with Gasteiger partial charge in [0.1, 0.15) is 17.3 Å². The molecular formula is C28H30N2O. The van der Waals surface area contributed by atoms with Crippen LogP contribution < -0.4 is 4.74 Å². The van der Waals surface area contributed by atoms with E-state index >= 15 is 0 Å². The molecule has 1 saturated heterocycles. The second-order valence-corrected chi connectivity index (χ2v) is 9.02. The summed E-state index contributed by atoms with van der Waals surface area (Å²) in [6.07, 6.45) is 1.92. The lowest BCUT2D eigenvalue weighted by Gasteiger charge is -2.49. The van der Waals surface area contributed by atoms with Crippen LogP contribution in [0.15, 0.2) is 91.0 Å². The molecular weight excluding hydrogens is 380 g/mol. The number of likely N-dealkylation sites (tertiary alicyclic amines) is 1. The third kappa shape index (κ3) is 4.50. The van der Waals surface area contributed by atoms with E-state index in [0.717, 1.165) is 42.8 Å². The summed E-state index contributed by atoms with van der Waals surface area (Å²) in [5.41, 5.74) is 1.47. The summed E-state index contributed by atoms with van der Waals surface area (Å²) in [4.78, 5) is 2.47. The maximum atomic E-state index is 10.4. The zero-order valence-electron chi connectivity index (χ0n) is 18.4. The molecule has 158 valence electrons. The topological polar surface area (TPSA) is 36.3 Å². The summed E-state index contributed by atoms with van der Waals surface area (Å²) >= 11 is 0. The molecule has 4 rings (SSSR count). The summed E-state index contributed by atoms with van der Waals surface area (Å²) in [7, 11) is 0. The fraction of sp³-hybridized carbons (Fsp3) is 0.321. The zero-order valence-corrected chi connectivity index (χ0v) is 18.4. The van der Waals surface area contributed by atoms with Crippen LogP contribution in [-0.2, 0) is 5.41 Å². The fourth-order valence-electron chi connectivity index (χ4n) is 4.44. The van der Waals surface area contributed by atoms with Gasteiger partial charge < -0.3 is 4.74 Å². The molecule has 0 atom stereocenters. The molecule has 1 heterocycles. The highest BCUT2D eigenvalue weighted by Crippen LogP contribution is 2.39. The van der Waals surface area contributed by atoms with Crippen LogP contribution in [0.3, 0.4) is 0 Å². The minimum Gasteiger partial charge on any atom is -0.488 e. The molecule has 1 fully saturated rings. The van der Waals surface area contributed by atoms with Crippen molar-refractivity contribution in [3.63, 3.8) is 0 Å². The van der Waals surface area contributed by atoms with Crippen LogP contribution in [0.5, 0.6) is 5.75 Å². The molecule has 3 aromatic rings. The molecule has 1 aliphatic rings. The summed E-state index contributed by atoms with van der Waals surface area (Å²) in [6.45, 7) is 6.39. The van der Waals surface area contributed by atoms with Crippen LogP contribution in [0, 0.1) is 11.3 Å². The van der Waals surface area contributed by atoms with Gasteiger partial charge in [0.2, 0.25) is 0 Å². The van der Waals surface area contributed by atoms with Gasteiger partial charge in [-0.15, -0.1) is 0 Å². The van der Waals surface area contributed by atoms with Gasteiger partial charge in [-0.3, -0.25) is 4.90 Å². The van der Waals surface area contributed by atoms with Gasteiger partial charge in [0.05, 0.1) is 6.07 Å². The molecule has 0 spiro atoms. The van der Waals surface area contributed by atoms with Gasteiger partial charge in [-0.25, -0.2) is 0 Å². The number of rotatable bonds is 8. The van der Waals surface area contributed by atoms with Gasteiger partial charge in [-0.1, -0.05) is 78.9 Å². The number of nitrogens with zero attached hydrogens (tertiary/aromatic N) is 2. The van der Waals surface area contributed by atoms with E-state index in [4.69, 9.17) is 4.74 Å². The lowest BCUT2D eigenvalue weighted by molar-refractivity contribution is -0.0464. The van der Waals surface area contributed by atoms with Crippen LogP contribution in [-0.4, -0.2) is 29.6 Å². The average molecular weight is 411 g/mol. The number of nitriles is 1. The third-order valence-electron chi connectivity index (χ3n) is 6.59. The molecule has 0 unspecified atom stereocenters. The molecule has 3 heteroatoms. The van der Waals surface area contributed by atoms with Crippen molar-refractivity contribution in [2.75, 3.05) is 13.1 Å². The van der Waals surface area contributed by atoms with E-state index < -0.39 is 5.41 Å². The molecule has 0 bridgehead atoms. The van der Waals surface area contributed by atoms with Crippen LogP contribution in [0.4, 0.5) is 0 Å². The molecule has 0 aliphatic carbocycles. The Kier molecular flexibility index (Phi) is 6.11. The fourth-order valence-corrected chi connectivity index (χ4v) is 4.44. The minimum atomic E-state index is -0.648. The first-order valence-corrected chi connectivity index (χ1v) is 11.0. The number of benzene rings is 3. The van der Waals surface area contributed by atoms with E-state index in [9.17, 15) is 5.26 Å². The van der Waals surface area contributed by atoms with E-state index in [1.807, 2.05) is 66.7 Å². The predicted octanol–water partition coefficient (Wildman–Crippen LogP) is 5.82. The second-order valence-electron chi connectivity index (χ2n) is 9.02. The molecule has 0 N–H and O–H groups in total. The van der Waals surface area contributed by atoms with Crippen LogP contribution in [0.25, 0.3) is 0 Å². The van der Waals surface area contributed by atoms with Crippen LogP contribution in [0.2, 0.25) is 0 Å². The van der Waals surface area contributed by atoms with Gasteiger partial charge in [-0.2, -0.15) is 5.26 Å². The lowest BCUT2D eigenvalue weighted by atomic mass is 9.70. The Labute approximate surface area is 185 Å². The molecule has 0 radical (unpaired) electrons. The number of hydrogen-bond acceptors (Lipinski definition) is 3. The monoisotopic (exact) mass is 410 g/mol. The molecule has 31 heavy (non-hydrogen) atoms. The maximum absolute atomic E-state index is 10.4. The summed E-state index contributed by atoms with van der Waals surface area (Å²) in [6, 6.07) is 33.2. The first-order chi connectivity index (χ1) is 15.0. The minimum absolute atomic E-state index is 0.0117. The molecule has 0 saturated carbocycles. The summed E-state index contributed by atoms with van der Waals surface area (Å²) in [5.74, 6) is 0.932. The zero-order chi connectivity index (χ0) is 21.7. The first-order valence-electron chi connectivity index (χ1n) is 11.0. The van der Waals surface area contributed by atoms with Crippen molar-refractivity contribution in [2.45, 2.75) is 43.7 Å². The Hall–Kier alpha value is -3.09. The van der Waals surface area contributed by atoms with Gasteiger partial charge in [-0.05, 0) is 49.9 Å². The smallest absolute Gasteiger partial charge is 0.124 e. The van der Waals surface area contributed by atoms with Crippen LogP contribution in [0.1, 0.15) is 37.8 Å². The van der Waals surface area contributed by atoms with E-state index in [0.29, 0.717) is 0 Å². The Morgan fingerprint density at radius 1 is 0.806 bits per heavy atom. The standard InChI is InChI=1S/C28H30N2O/c1-27(2,30-20-26(21-30)31-25-16-10-5-11-17-25)18-19-28(22-29,23-12-6-3-7-13-23)24-14-8-4-9-15-24/h3-17,26H,18-21H2,1-2H3. The summed E-state index contributed by atoms with van der Waals surface area (Å²) < 4.78 is 6.09. The lowest BCUT2D eigenvalue weighted by Crippen LogP contribution is -2.62. The number of ether oxygens (including phenoxy) is 1. The first kappa shape index (κ1) is 21.2. The van der Waals surface area contributed by atoms with Crippen molar-refractivity contribution in [1.29, 1.82) is 5.26 Å². The Balaban J connectivity index is 1.47. The second kappa shape index (κ2) is 8.96. The van der Waals surface area contributed by atoms with Gasteiger partial charge in [0, 0.05) is 18.6 Å². The molecule has 0 amide bonds. The van der Waals surface area contributed by atoms with E-state index in [2.05, 4.69) is 49.1 Å². The molecule has 1 aliphatic heterocycles. The van der Waals surface area contributed by atoms with Crippen molar-refractivity contribution < 1.29 is 4.74 Å².